The van der Waals surface area contributed by atoms with Crippen molar-refractivity contribution in [2.24, 2.45) is 0 Å². The third kappa shape index (κ3) is 18.8. The Morgan fingerprint density at radius 2 is 1.03 bits per heavy atom. The molecule has 3 nitrogen and oxygen atoms in total. The highest BCUT2D eigenvalue weighted by atomic mass is 16.5. The van der Waals surface area contributed by atoms with Crippen LogP contribution in [-0.2, 0) is 20.9 Å². The highest BCUT2D eigenvalue weighted by Gasteiger charge is 2.03. The zero-order valence-corrected chi connectivity index (χ0v) is 19.8. The molecule has 31 heavy (non-hydrogen) atoms. The van der Waals surface area contributed by atoms with Gasteiger partial charge >= 0.3 is 5.97 Å². The molecule has 0 saturated heterocycles. The number of ether oxygens (including phenoxy) is 1. The van der Waals surface area contributed by atoms with E-state index < -0.39 is 0 Å². The highest BCUT2D eigenvalue weighted by molar-refractivity contribution is 5.69. The number of carbonyl (C=O) groups is 2. The molecule has 0 aliphatic rings. The molecule has 0 spiro atoms. The van der Waals surface area contributed by atoms with Gasteiger partial charge in [0.05, 0.1) is 0 Å². The van der Waals surface area contributed by atoms with Gasteiger partial charge in [0.2, 0.25) is 0 Å². The first-order chi connectivity index (χ1) is 15.3. The highest BCUT2D eigenvalue weighted by Crippen LogP contribution is 2.14. The molecule has 0 aliphatic carbocycles. The van der Waals surface area contributed by atoms with Gasteiger partial charge < -0.3 is 9.53 Å². The van der Waals surface area contributed by atoms with Crippen LogP contribution in [0.1, 0.15) is 128 Å². The van der Waals surface area contributed by atoms with E-state index >= 15 is 0 Å². The Labute approximate surface area is 191 Å². The van der Waals surface area contributed by atoms with Crippen molar-refractivity contribution < 1.29 is 14.3 Å². The van der Waals surface area contributed by atoms with E-state index in [2.05, 4.69) is 0 Å². The van der Waals surface area contributed by atoms with Crippen LogP contribution in [0.5, 0.6) is 0 Å². The fourth-order valence-electron chi connectivity index (χ4n) is 3.96. The summed E-state index contributed by atoms with van der Waals surface area (Å²) in [5.74, 6) is -0.0709. The second-order valence-corrected chi connectivity index (χ2v) is 8.86. The molecule has 176 valence electrons. The zero-order chi connectivity index (χ0) is 22.2. The van der Waals surface area contributed by atoms with Gasteiger partial charge in [-0.25, -0.2) is 0 Å². The van der Waals surface area contributed by atoms with E-state index in [0.29, 0.717) is 13.0 Å². The zero-order valence-electron chi connectivity index (χ0n) is 19.8. The minimum atomic E-state index is -0.0709. The second kappa shape index (κ2) is 21.6. The van der Waals surface area contributed by atoms with Crippen molar-refractivity contribution in [1.82, 2.24) is 0 Å². The first kappa shape index (κ1) is 27.4. The van der Waals surface area contributed by atoms with E-state index in [4.69, 9.17) is 4.74 Å². The topological polar surface area (TPSA) is 43.4 Å². The number of hydrogen-bond acceptors (Lipinski definition) is 3. The monoisotopic (exact) mass is 430 g/mol. The number of unbranched alkanes of at least 4 members (excludes halogenated alkanes) is 17. The molecule has 0 unspecified atom stereocenters. The van der Waals surface area contributed by atoms with Gasteiger partial charge in [0.25, 0.3) is 0 Å². The second-order valence-electron chi connectivity index (χ2n) is 8.86. The number of hydrogen-bond donors (Lipinski definition) is 0. The van der Waals surface area contributed by atoms with Crippen molar-refractivity contribution in [3.05, 3.63) is 35.9 Å². The van der Waals surface area contributed by atoms with Crippen LogP contribution in [0, 0.1) is 0 Å². The van der Waals surface area contributed by atoms with Crippen LogP contribution < -0.4 is 0 Å². The molecule has 0 fully saturated rings. The predicted molar refractivity (Wildman–Crippen MR) is 130 cm³/mol. The standard InChI is InChI=1S/C28H46O3/c29-25-21-16-14-12-10-8-6-4-2-1-3-5-7-9-11-13-15-20-24-28(30)31-26-27-22-18-17-19-23-27/h17-19,22-23,25H,1-16,20-21,24,26H2. The van der Waals surface area contributed by atoms with Crippen molar-refractivity contribution in [3.8, 4) is 0 Å². The van der Waals surface area contributed by atoms with E-state index in [1.54, 1.807) is 0 Å². The third-order valence-electron chi connectivity index (χ3n) is 5.95. The summed E-state index contributed by atoms with van der Waals surface area (Å²) >= 11 is 0. The molecular weight excluding hydrogens is 384 g/mol. The summed E-state index contributed by atoms with van der Waals surface area (Å²) in [5, 5.41) is 0. The Kier molecular flexibility index (Phi) is 19.1. The molecule has 0 radical (unpaired) electrons. The summed E-state index contributed by atoms with van der Waals surface area (Å²) in [6.45, 7) is 0.392. The van der Waals surface area contributed by atoms with Crippen LogP contribution in [-0.4, -0.2) is 12.3 Å². The minimum absolute atomic E-state index is 0.0709. The summed E-state index contributed by atoms with van der Waals surface area (Å²) in [7, 11) is 0. The van der Waals surface area contributed by atoms with Crippen molar-refractivity contribution in [2.45, 2.75) is 129 Å². The van der Waals surface area contributed by atoms with Crippen molar-refractivity contribution in [2.75, 3.05) is 0 Å². The normalized spacial score (nSPS) is 10.8. The van der Waals surface area contributed by atoms with Gasteiger partial charge in [-0.05, 0) is 18.4 Å². The molecule has 0 aromatic heterocycles. The van der Waals surface area contributed by atoms with Crippen molar-refractivity contribution in [3.63, 3.8) is 0 Å². The van der Waals surface area contributed by atoms with E-state index in [1.807, 2.05) is 30.3 Å². The van der Waals surface area contributed by atoms with E-state index in [0.717, 1.165) is 37.5 Å². The summed E-state index contributed by atoms with van der Waals surface area (Å²) < 4.78 is 5.32. The van der Waals surface area contributed by atoms with Gasteiger partial charge in [-0.2, -0.15) is 0 Å². The van der Waals surface area contributed by atoms with Crippen LogP contribution in [0.25, 0.3) is 0 Å². The summed E-state index contributed by atoms with van der Waals surface area (Å²) in [6.07, 6.45) is 24.3. The van der Waals surface area contributed by atoms with E-state index in [1.165, 1.54) is 89.9 Å². The van der Waals surface area contributed by atoms with Gasteiger partial charge in [0.15, 0.2) is 0 Å². The molecule has 1 aromatic carbocycles. The van der Waals surface area contributed by atoms with Gasteiger partial charge in [-0.1, -0.05) is 127 Å². The first-order valence-electron chi connectivity index (χ1n) is 13.0. The molecule has 0 N–H and O–H groups in total. The number of benzene rings is 1. The quantitative estimate of drug-likeness (QED) is 0.105. The SMILES string of the molecule is O=CCCCCCCCCCCCCCCCCCCCC(=O)OCc1ccccc1. The van der Waals surface area contributed by atoms with Crippen LogP contribution in [0.2, 0.25) is 0 Å². The van der Waals surface area contributed by atoms with E-state index in [9.17, 15) is 9.59 Å². The van der Waals surface area contributed by atoms with Gasteiger partial charge in [-0.3, -0.25) is 4.79 Å². The minimum Gasteiger partial charge on any atom is -0.461 e. The molecule has 1 aromatic rings. The maximum absolute atomic E-state index is 11.8. The summed E-state index contributed by atoms with van der Waals surface area (Å²) in [4.78, 5) is 22.0. The Bertz CT molecular complexity index is 526. The number of aldehydes is 1. The molecule has 0 saturated carbocycles. The largest absolute Gasteiger partial charge is 0.461 e. The fourth-order valence-corrected chi connectivity index (χ4v) is 3.96. The maximum atomic E-state index is 11.8. The first-order valence-corrected chi connectivity index (χ1v) is 13.0. The Hall–Kier alpha value is -1.64. The van der Waals surface area contributed by atoms with Gasteiger partial charge in [-0.15, -0.1) is 0 Å². The summed E-state index contributed by atoms with van der Waals surface area (Å²) in [6, 6.07) is 9.87. The lowest BCUT2D eigenvalue weighted by Gasteiger charge is -2.05. The van der Waals surface area contributed by atoms with Crippen LogP contribution >= 0.6 is 0 Å². The average molecular weight is 431 g/mol. The van der Waals surface area contributed by atoms with Crippen LogP contribution in [0.3, 0.4) is 0 Å². The number of rotatable bonds is 22. The lowest BCUT2D eigenvalue weighted by Crippen LogP contribution is -2.04. The Morgan fingerprint density at radius 1 is 0.613 bits per heavy atom. The lowest BCUT2D eigenvalue weighted by atomic mass is 10.0. The molecule has 0 heterocycles. The summed E-state index contributed by atoms with van der Waals surface area (Å²) in [5.41, 5.74) is 1.05. The van der Waals surface area contributed by atoms with Crippen LogP contribution in [0.4, 0.5) is 0 Å². The molecule has 0 amide bonds. The number of carbonyl (C=O) groups excluding carboxylic acids is 2. The molecule has 1 rings (SSSR count). The number of esters is 1. The predicted octanol–water partition coefficient (Wildman–Crippen LogP) is 8.34. The Morgan fingerprint density at radius 3 is 1.48 bits per heavy atom. The van der Waals surface area contributed by atoms with Crippen molar-refractivity contribution >= 4 is 12.3 Å². The molecule has 0 atom stereocenters. The lowest BCUT2D eigenvalue weighted by molar-refractivity contribution is -0.145. The molecule has 0 aliphatic heterocycles. The smallest absolute Gasteiger partial charge is 0.306 e. The van der Waals surface area contributed by atoms with Gasteiger partial charge in [0, 0.05) is 12.8 Å². The maximum Gasteiger partial charge on any atom is 0.306 e. The van der Waals surface area contributed by atoms with E-state index in [-0.39, 0.29) is 5.97 Å². The average Bonchev–Trinajstić information content (AvgIpc) is 2.80. The van der Waals surface area contributed by atoms with Crippen molar-refractivity contribution in [1.29, 1.82) is 0 Å². The van der Waals surface area contributed by atoms with Crippen LogP contribution in [0.15, 0.2) is 30.3 Å². The Balaban J connectivity index is 1.72. The van der Waals surface area contributed by atoms with Gasteiger partial charge in [0.1, 0.15) is 12.9 Å². The molecule has 0 bridgehead atoms. The molecule has 3 heteroatoms. The molecular formula is C28H46O3. The fraction of sp³-hybridized carbons (Fsp3) is 0.714. The third-order valence-corrected chi connectivity index (χ3v) is 5.95.